The number of nitrogens with two attached hydrogens (primary N) is 1. The third kappa shape index (κ3) is 5.25. The molecule has 0 aromatic rings. The summed E-state index contributed by atoms with van der Waals surface area (Å²) in [5, 5.41) is 13.1. The van der Waals surface area contributed by atoms with Gasteiger partial charge in [0.1, 0.15) is 18.9 Å². The zero-order chi connectivity index (χ0) is 14.3. The molecule has 2 atom stereocenters. The number of amides is 2. The first-order chi connectivity index (χ1) is 9.02. The Balaban J connectivity index is 2.59. The number of rotatable bonds is 7. The van der Waals surface area contributed by atoms with Crippen molar-refractivity contribution in [3.63, 3.8) is 0 Å². The van der Waals surface area contributed by atoms with Gasteiger partial charge in [-0.25, -0.2) is 4.99 Å². The first-order valence-electron chi connectivity index (χ1n) is 5.56. The largest absolute Gasteiger partial charge is 0.480 e. The van der Waals surface area contributed by atoms with Crippen LogP contribution in [0.3, 0.4) is 0 Å². The molecule has 1 aliphatic rings. The van der Waals surface area contributed by atoms with Crippen LogP contribution in [-0.4, -0.2) is 60.6 Å². The van der Waals surface area contributed by atoms with Crippen molar-refractivity contribution in [2.24, 2.45) is 15.7 Å². The highest BCUT2D eigenvalue weighted by atomic mass is 16.4. The van der Waals surface area contributed by atoms with E-state index in [1.54, 1.807) is 0 Å². The van der Waals surface area contributed by atoms with Crippen molar-refractivity contribution in [2.45, 2.75) is 18.5 Å². The molecule has 0 aliphatic carbocycles. The van der Waals surface area contributed by atoms with Crippen LogP contribution >= 0.6 is 0 Å². The van der Waals surface area contributed by atoms with Gasteiger partial charge in [-0.1, -0.05) is 0 Å². The summed E-state index contributed by atoms with van der Waals surface area (Å²) in [5.41, 5.74) is 5.16. The average molecular weight is 269 g/mol. The molecule has 0 saturated carbocycles. The van der Waals surface area contributed by atoms with Crippen molar-refractivity contribution >= 4 is 30.3 Å². The van der Waals surface area contributed by atoms with E-state index in [2.05, 4.69) is 20.6 Å². The summed E-state index contributed by atoms with van der Waals surface area (Å²) in [6.45, 7) is -0.777. The van der Waals surface area contributed by atoms with Crippen LogP contribution in [-0.2, 0) is 14.4 Å². The van der Waals surface area contributed by atoms with Gasteiger partial charge in [0.15, 0.2) is 0 Å². The highest BCUT2D eigenvalue weighted by molar-refractivity contribution is 5.91. The monoisotopic (exact) mass is 269 g/mol. The molecule has 1 aliphatic heterocycles. The first-order valence-corrected chi connectivity index (χ1v) is 5.56. The second-order valence-corrected chi connectivity index (χ2v) is 3.80. The number of nitrogens with one attached hydrogen (secondary N) is 2. The smallest absolute Gasteiger partial charge is 0.322 e. The summed E-state index contributed by atoms with van der Waals surface area (Å²) < 4.78 is 0. The topological polar surface area (TPSA) is 146 Å². The van der Waals surface area contributed by atoms with E-state index in [1.165, 1.54) is 12.6 Å². The summed E-state index contributed by atoms with van der Waals surface area (Å²) in [6.07, 6.45) is 3.07. The van der Waals surface area contributed by atoms with E-state index in [4.69, 9.17) is 10.8 Å². The molecule has 0 aromatic carbocycles. The molecule has 5 N–H and O–H groups in total. The second-order valence-electron chi connectivity index (χ2n) is 3.80. The summed E-state index contributed by atoms with van der Waals surface area (Å²) in [6, 6.07) is -1.22. The lowest BCUT2D eigenvalue weighted by Crippen LogP contribution is -2.50. The van der Waals surface area contributed by atoms with E-state index in [0.29, 0.717) is 0 Å². The van der Waals surface area contributed by atoms with E-state index in [1.807, 2.05) is 0 Å². The van der Waals surface area contributed by atoms with Crippen LogP contribution < -0.4 is 16.4 Å². The van der Waals surface area contributed by atoms with Gasteiger partial charge in [-0.15, -0.1) is 0 Å². The number of carboxylic acid groups (broad SMARTS) is 1. The molecule has 2 amide bonds. The van der Waals surface area contributed by atoms with E-state index < -0.39 is 30.4 Å². The fourth-order valence-electron chi connectivity index (χ4n) is 1.43. The van der Waals surface area contributed by atoms with E-state index in [-0.39, 0.29) is 19.0 Å². The number of carbonyl (C=O) groups is 3. The molecule has 0 bridgehead atoms. The van der Waals surface area contributed by atoms with Gasteiger partial charge in [0.2, 0.25) is 11.8 Å². The third-order valence-corrected chi connectivity index (χ3v) is 2.31. The maximum Gasteiger partial charge on any atom is 0.322 e. The van der Waals surface area contributed by atoms with Crippen molar-refractivity contribution in [1.29, 1.82) is 0 Å². The van der Waals surface area contributed by atoms with Crippen LogP contribution in [0.4, 0.5) is 0 Å². The van der Waals surface area contributed by atoms with E-state index in [9.17, 15) is 14.4 Å². The molecule has 1 heterocycles. The molecule has 0 radical (unpaired) electrons. The fourth-order valence-corrected chi connectivity index (χ4v) is 1.43. The summed E-state index contributed by atoms with van der Waals surface area (Å²) in [4.78, 5) is 41.1. The van der Waals surface area contributed by atoms with Crippen molar-refractivity contribution in [3.05, 3.63) is 0 Å². The summed E-state index contributed by atoms with van der Waals surface area (Å²) >= 11 is 0. The molecule has 0 fully saturated rings. The number of nitrogens with zero attached hydrogens (tertiary/aromatic N) is 2. The Morgan fingerprint density at radius 1 is 1.42 bits per heavy atom. The number of aliphatic imine (C=N–C) groups is 2. The minimum Gasteiger partial charge on any atom is -0.480 e. The van der Waals surface area contributed by atoms with Gasteiger partial charge in [0.05, 0.1) is 12.6 Å². The van der Waals surface area contributed by atoms with Crippen LogP contribution in [0.15, 0.2) is 9.98 Å². The second kappa shape index (κ2) is 7.21. The Morgan fingerprint density at radius 2 is 2.16 bits per heavy atom. The summed E-state index contributed by atoms with van der Waals surface area (Å²) in [7, 11) is 0. The SMILES string of the molecule is NCC(=O)N[C@@H](CC1C=NC=N1)C(=O)NCC(=O)O. The lowest BCUT2D eigenvalue weighted by molar-refractivity contribution is -0.138. The first kappa shape index (κ1) is 14.8. The lowest BCUT2D eigenvalue weighted by Gasteiger charge is -2.18. The molecule has 0 aromatic heterocycles. The molecule has 0 spiro atoms. The van der Waals surface area contributed by atoms with Crippen LogP contribution in [0.5, 0.6) is 0 Å². The van der Waals surface area contributed by atoms with Gasteiger partial charge < -0.3 is 21.5 Å². The predicted molar refractivity (Wildman–Crippen MR) is 67.0 cm³/mol. The van der Waals surface area contributed by atoms with Gasteiger partial charge in [-0.2, -0.15) is 0 Å². The van der Waals surface area contributed by atoms with Crippen LogP contribution in [0.1, 0.15) is 6.42 Å². The number of hydrogen-bond donors (Lipinski definition) is 4. The fraction of sp³-hybridized carbons (Fsp3) is 0.500. The normalized spacial score (nSPS) is 18.1. The Kier molecular flexibility index (Phi) is 5.61. The maximum atomic E-state index is 11.8. The maximum absolute atomic E-state index is 11.8. The summed E-state index contributed by atoms with van der Waals surface area (Å²) in [5.74, 6) is -2.27. The minimum absolute atomic E-state index is 0.192. The van der Waals surface area contributed by atoms with Crippen molar-refractivity contribution in [2.75, 3.05) is 13.1 Å². The Hall–Kier alpha value is -2.29. The van der Waals surface area contributed by atoms with Crippen molar-refractivity contribution in [3.8, 4) is 0 Å². The van der Waals surface area contributed by atoms with E-state index in [0.717, 1.165) is 0 Å². The molecule has 1 rings (SSSR count). The van der Waals surface area contributed by atoms with Crippen LogP contribution in [0.25, 0.3) is 0 Å². The highest BCUT2D eigenvalue weighted by Crippen LogP contribution is 2.04. The minimum atomic E-state index is -1.17. The van der Waals surface area contributed by atoms with Gasteiger partial charge in [-0.3, -0.25) is 19.4 Å². The van der Waals surface area contributed by atoms with Gasteiger partial charge in [-0.05, 0) is 0 Å². The number of aliphatic carboxylic acids is 1. The standard InChI is InChI=1S/C10H15N5O4/c11-2-8(16)15-7(1-6-3-12-5-14-6)10(19)13-4-9(17)18/h3,5-7H,1-2,4,11H2,(H,13,19)(H,15,16)(H,17,18)/t6?,7-/m0/s1. The zero-order valence-corrected chi connectivity index (χ0v) is 10.1. The van der Waals surface area contributed by atoms with Gasteiger partial charge in [0.25, 0.3) is 0 Å². The number of carbonyl (C=O) groups excluding carboxylic acids is 2. The molecule has 1 unspecified atom stereocenters. The molecule has 9 nitrogen and oxygen atoms in total. The predicted octanol–water partition coefficient (Wildman–Crippen LogP) is -2.50. The van der Waals surface area contributed by atoms with Crippen LogP contribution in [0, 0.1) is 0 Å². The highest BCUT2D eigenvalue weighted by Gasteiger charge is 2.24. The third-order valence-electron chi connectivity index (χ3n) is 2.31. The Labute approximate surface area is 109 Å². The zero-order valence-electron chi connectivity index (χ0n) is 10.1. The van der Waals surface area contributed by atoms with Gasteiger partial charge in [0, 0.05) is 12.6 Å². The van der Waals surface area contributed by atoms with Crippen LogP contribution in [0.2, 0.25) is 0 Å². The Morgan fingerprint density at radius 3 is 2.68 bits per heavy atom. The quantitative estimate of drug-likeness (QED) is 0.403. The number of carboxylic acids is 1. The molecule has 9 heteroatoms. The molecule has 104 valence electrons. The van der Waals surface area contributed by atoms with Crippen molar-refractivity contribution < 1.29 is 19.5 Å². The molecule has 0 saturated heterocycles. The van der Waals surface area contributed by atoms with Gasteiger partial charge >= 0.3 is 5.97 Å². The number of hydrogen-bond acceptors (Lipinski definition) is 6. The van der Waals surface area contributed by atoms with E-state index >= 15 is 0 Å². The van der Waals surface area contributed by atoms with Crippen molar-refractivity contribution in [1.82, 2.24) is 10.6 Å². The average Bonchev–Trinajstić information content (AvgIpc) is 2.87. The molecular formula is C10H15N5O4. The Bertz CT molecular complexity index is 408. The molecular weight excluding hydrogens is 254 g/mol. The lowest BCUT2D eigenvalue weighted by atomic mass is 10.1. The molecule has 19 heavy (non-hydrogen) atoms.